The van der Waals surface area contributed by atoms with E-state index in [1.165, 1.54) is 5.06 Å². The monoisotopic (exact) mass is 328 g/mol. The number of pyridine rings is 1. The van der Waals surface area contributed by atoms with Crippen molar-refractivity contribution in [3.63, 3.8) is 0 Å². The van der Waals surface area contributed by atoms with Gasteiger partial charge >= 0.3 is 6.09 Å². The highest BCUT2D eigenvalue weighted by molar-refractivity contribution is 9.10. The van der Waals surface area contributed by atoms with Gasteiger partial charge in [-0.2, -0.15) is 5.06 Å². The van der Waals surface area contributed by atoms with Crippen molar-refractivity contribution >= 4 is 22.0 Å². The van der Waals surface area contributed by atoms with Crippen LogP contribution in [0.4, 0.5) is 4.79 Å². The topological polar surface area (TPSA) is 51.7 Å². The smallest absolute Gasteiger partial charge is 0.435 e. The van der Waals surface area contributed by atoms with E-state index in [-0.39, 0.29) is 6.04 Å². The molecule has 2 rings (SSSR count). The van der Waals surface area contributed by atoms with Crippen LogP contribution in [0.25, 0.3) is 0 Å². The Morgan fingerprint density at radius 2 is 2.26 bits per heavy atom. The molecule has 0 radical (unpaired) electrons. The van der Waals surface area contributed by atoms with Crippen molar-refractivity contribution in [2.75, 3.05) is 6.61 Å². The van der Waals surface area contributed by atoms with E-state index in [1.807, 2.05) is 26.8 Å². The van der Waals surface area contributed by atoms with Gasteiger partial charge in [0.2, 0.25) is 0 Å². The average Bonchev–Trinajstić information content (AvgIpc) is 2.75. The molecule has 1 amide bonds. The number of nitrogens with zero attached hydrogens (tertiary/aromatic N) is 2. The second-order valence-corrected chi connectivity index (χ2v) is 6.30. The first-order chi connectivity index (χ1) is 8.87. The van der Waals surface area contributed by atoms with Crippen molar-refractivity contribution < 1.29 is 14.4 Å². The summed E-state index contributed by atoms with van der Waals surface area (Å²) >= 11 is 3.38. The Morgan fingerprint density at radius 1 is 1.53 bits per heavy atom. The number of carbonyl (C=O) groups excluding carboxylic acids is 1. The standard InChI is InChI=1S/C13H17BrN2O3/c1-13(2,3)19-12(17)16-11(4-5-18-16)9-6-10(14)8-15-7-9/h6-8,11H,4-5H2,1-3H3/t11-/m0/s1. The summed E-state index contributed by atoms with van der Waals surface area (Å²) in [6.07, 6.45) is 3.71. The van der Waals surface area contributed by atoms with Crippen molar-refractivity contribution in [3.05, 3.63) is 28.5 Å². The zero-order valence-corrected chi connectivity index (χ0v) is 12.8. The van der Waals surface area contributed by atoms with Crippen LogP contribution in [0.2, 0.25) is 0 Å². The van der Waals surface area contributed by atoms with E-state index < -0.39 is 11.7 Å². The van der Waals surface area contributed by atoms with Crippen LogP contribution in [0.5, 0.6) is 0 Å². The van der Waals surface area contributed by atoms with E-state index in [0.29, 0.717) is 6.61 Å². The van der Waals surface area contributed by atoms with E-state index in [1.54, 1.807) is 12.4 Å². The van der Waals surface area contributed by atoms with E-state index in [9.17, 15) is 4.79 Å². The van der Waals surface area contributed by atoms with Gasteiger partial charge in [0.1, 0.15) is 5.60 Å². The second kappa shape index (κ2) is 5.46. The predicted molar refractivity (Wildman–Crippen MR) is 73.3 cm³/mol. The zero-order valence-electron chi connectivity index (χ0n) is 11.2. The first kappa shape index (κ1) is 14.3. The molecule has 0 bridgehead atoms. The van der Waals surface area contributed by atoms with Crippen molar-refractivity contribution in [2.45, 2.75) is 38.8 Å². The minimum Gasteiger partial charge on any atom is -0.442 e. The van der Waals surface area contributed by atoms with E-state index >= 15 is 0 Å². The fraction of sp³-hybridized carbons (Fsp3) is 0.538. The molecule has 1 fully saturated rings. The van der Waals surface area contributed by atoms with Gasteiger partial charge in [-0.15, -0.1) is 0 Å². The van der Waals surface area contributed by atoms with Gasteiger partial charge in [-0.1, -0.05) is 0 Å². The Morgan fingerprint density at radius 3 is 2.89 bits per heavy atom. The molecule has 1 atom stereocenters. The molecule has 0 N–H and O–H groups in total. The summed E-state index contributed by atoms with van der Waals surface area (Å²) < 4.78 is 6.21. The summed E-state index contributed by atoms with van der Waals surface area (Å²) in [5.74, 6) is 0. The zero-order chi connectivity index (χ0) is 14.0. The average molecular weight is 329 g/mol. The molecule has 5 nitrogen and oxygen atoms in total. The van der Waals surface area contributed by atoms with E-state index in [0.717, 1.165) is 16.5 Å². The van der Waals surface area contributed by atoms with Crippen LogP contribution >= 0.6 is 15.9 Å². The number of rotatable bonds is 1. The summed E-state index contributed by atoms with van der Waals surface area (Å²) in [4.78, 5) is 21.6. The summed E-state index contributed by atoms with van der Waals surface area (Å²) in [7, 11) is 0. The molecule has 0 aromatic carbocycles. The Kier molecular flexibility index (Phi) is 4.10. The number of amides is 1. The Balaban J connectivity index is 2.15. The lowest BCUT2D eigenvalue weighted by atomic mass is 10.1. The lowest BCUT2D eigenvalue weighted by Crippen LogP contribution is -2.35. The van der Waals surface area contributed by atoms with Gasteiger partial charge in [0, 0.05) is 23.3 Å². The quantitative estimate of drug-likeness (QED) is 0.792. The molecule has 0 aliphatic carbocycles. The number of carbonyl (C=O) groups is 1. The van der Waals surface area contributed by atoms with E-state index in [2.05, 4.69) is 20.9 Å². The minimum absolute atomic E-state index is 0.153. The lowest BCUT2D eigenvalue weighted by molar-refractivity contribution is -0.125. The van der Waals surface area contributed by atoms with Crippen molar-refractivity contribution in [1.29, 1.82) is 0 Å². The fourth-order valence-corrected chi connectivity index (χ4v) is 2.25. The highest BCUT2D eigenvalue weighted by Gasteiger charge is 2.35. The molecule has 2 heterocycles. The molecule has 1 aliphatic heterocycles. The Bertz CT molecular complexity index is 473. The van der Waals surface area contributed by atoms with Crippen LogP contribution in [0, 0.1) is 0 Å². The number of hydroxylamine groups is 2. The van der Waals surface area contributed by atoms with Crippen LogP contribution in [-0.2, 0) is 9.57 Å². The van der Waals surface area contributed by atoms with Crippen LogP contribution < -0.4 is 0 Å². The third-order valence-electron chi connectivity index (χ3n) is 2.59. The first-order valence-electron chi connectivity index (χ1n) is 6.12. The summed E-state index contributed by atoms with van der Waals surface area (Å²) in [6.45, 7) is 5.99. The maximum Gasteiger partial charge on any atom is 0.435 e. The largest absolute Gasteiger partial charge is 0.442 e. The summed E-state index contributed by atoms with van der Waals surface area (Å²) in [5.41, 5.74) is 0.390. The van der Waals surface area contributed by atoms with Crippen molar-refractivity contribution in [2.24, 2.45) is 0 Å². The fourth-order valence-electron chi connectivity index (χ4n) is 1.87. The molecule has 0 saturated carbocycles. The number of halogens is 1. The molecule has 1 saturated heterocycles. The molecule has 104 valence electrons. The number of aromatic nitrogens is 1. The number of ether oxygens (including phenoxy) is 1. The molecule has 0 spiro atoms. The molecular weight excluding hydrogens is 312 g/mol. The van der Waals surface area contributed by atoms with Crippen molar-refractivity contribution in [1.82, 2.24) is 10.0 Å². The van der Waals surface area contributed by atoms with Gasteiger partial charge in [0.25, 0.3) is 0 Å². The van der Waals surface area contributed by atoms with Gasteiger partial charge in [0.05, 0.1) is 12.6 Å². The maximum atomic E-state index is 12.1. The molecule has 1 aromatic heterocycles. The van der Waals surface area contributed by atoms with Gasteiger partial charge in [0.15, 0.2) is 0 Å². The highest BCUT2D eigenvalue weighted by Crippen LogP contribution is 2.32. The molecule has 1 aliphatic rings. The molecule has 19 heavy (non-hydrogen) atoms. The molecule has 0 unspecified atom stereocenters. The van der Waals surface area contributed by atoms with Crippen LogP contribution in [0.3, 0.4) is 0 Å². The van der Waals surface area contributed by atoms with Gasteiger partial charge in [-0.05, 0) is 48.3 Å². The maximum absolute atomic E-state index is 12.1. The molecular formula is C13H17BrN2O3. The Hall–Kier alpha value is -1.14. The van der Waals surface area contributed by atoms with E-state index in [4.69, 9.17) is 9.57 Å². The van der Waals surface area contributed by atoms with Crippen molar-refractivity contribution in [3.8, 4) is 0 Å². The predicted octanol–water partition coefficient (Wildman–Crippen LogP) is 3.46. The Labute approximate surface area is 121 Å². The van der Waals surface area contributed by atoms with Gasteiger partial charge in [-0.3, -0.25) is 9.82 Å². The summed E-state index contributed by atoms with van der Waals surface area (Å²) in [5, 5.41) is 1.30. The molecule has 6 heteroatoms. The third-order valence-corrected chi connectivity index (χ3v) is 3.02. The third kappa shape index (κ3) is 3.67. The van der Waals surface area contributed by atoms with Gasteiger partial charge in [-0.25, -0.2) is 4.79 Å². The van der Waals surface area contributed by atoms with Gasteiger partial charge < -0.3 is 4.74 Å². The highest BCUT2D eigenvalue weighted by atomic mass is 79.9. The lowest BCUT2D eigenvalue weighted by Gasteiger charge is -2.27. The minimum atomic E-state index is -0.539. The SMILES string of the molecule is CC(C)(C)OC(=O)N1OCC[C@H]1c1cncc(Br)c1. The van der Waals surface area contributed by atoms with Crippen LogP contribution in [-0.4, -0.2) is 28.3 Å². The second-order valence-electron chi connectivity index (χ2n) is 5.38. The van der Waals surface area contributed by atoms with Crippen LogP contribution in [0.15, 0.2) is 22.9 Å². The number of hydrogen-bond donors (Lipinski definition) is 0. The number of hydrogen-bond acceptors (Lipinski definition) is 4. The summed E-state index contributed by atoms with van der Waals surface area (Å²) in [6, 6.07) is 1.78. The van der Waals surface area contributed by atoms with Crippen LogP contribution in [0.1, 0.15) is 38.8 Å². The first-order valence-corrected chi connectivity index (χ1v) is 6.92. The molecule has 1 aromatic rings. The normalized spacial score (nSPS) is 19.6.